The van der Waals surface area contributed by atoms with Crippen LogP contribution in [0.4, 0.5) is 20.2 Å². The molecule has 8 heteroatoms. The first-order chi connectivity index (χ1) is 16.2. The molecule has 0 saturated carbocycles. The number of pyridine rings is 1. The number of aryl methyl sites for hydroxylation is 1. The van der Waals surface area contributed by atoms with Gasteiger partial charge in [0.25, 0.3) is 17.7 Å². The number of hydrogen-bond donors (Lipinski definition) is 1. The quantitative estimate of drug-likeness (QED) is 0.455. The highest BCUT2D eigenvalue weighted by atomic mass is 19.3. The second-order valence-corrected chi connectivity index (χ2v) is 8.55. The van der Waals surface area contributed by atoms with Crippen molar-refractivity contribution in [1.82, 2.24) is 9.38 Å². The fraction of sp³-hybridized carbons (Fsp3) is 0.192. The van der Waals surface area contributed by atoms with Crippen molar-refractivity contribution in [2.75, 3.05) is 16.8 Å². The SMILES string of the molecule is Cc1cc(C(=O)Nc2ccc3c(c2)N(C(=O)c2cnc4ccccn24)CC3)cc(C(C)(F)F)c1. The van der Waals surface area contributed by atoms with Crippen molar-refractivity contribution in [3.63, 3.8) is 0 Å². The maximum Gasteiger partial charge on any atom is 0.276 e. The van der Waals surface area contributed by atoms with Crippen LogP contribution in [0.25, 0.3) is 5.65 Å². The number of anilines is 2. The molecule has 0 aliphatic carbocycles. The molecule has 3 heterocycles. The minimum atomic E-state index is -3.05. The van der Waals surface area contributed by atoms with Gasteiger partial charge in [0.05, 0.1) is 6.20 Å². The van der Waals surface area contributed by atoms with Gasteiger partial charge in [0.15, 0.2) is 0 Å². The van der Waals surface area contributed by atoms with Crippen LogP contribution in [0.15, 0.2) is 67.0 Å². The zero-order chi connectivity index (χ0) is 24.0. The van der Waals surface area contributed by atoms with E-state index in [1.807, 2.05) is 24.3 Å². The Morgan fingerprint density at radius 2 is 1.91 bits per heavy atom. The molecule has 1 aliphatic rings. The van der Waals surface area contributed by atoms with Crippen molar-refractivity contribution >= 4 is 28.8 Å². The summed E-state index contributed by atoms with van der Waals surface area (Å²) in [6.07, 6.45) is 4.04. The van der Waals surface area contributed by atoms with Gasteiger partial charge in [-0.15, -0.1) is 0 Å². The summed E-state index contributed by atoms with van der Waals surface area (Å²) in [4.78, 5) is 32.1. The molecule has 0 fully saturated rings. The third-order valence-corrected chi connectivity index (χ3v) is 5.97. The molecule has 5 rings (SSSR count). The van der Waals surface area contributed by atoms with E-state index in [2.05, 4.69) is 10.3 Å². The average molecular weight is 460 g/mol. The molecular weight excluding hydrogens is 438 g/mol. The molecule has 0 radical (unpaired) electrons. The number of hydrogen-bond acceptors (Lipinski definition) is 3. The number of aromatic nitrogens is 2. The van der Waals surface area contributed by atoms with Gasteiger partial charge in [-0.1, -0.05) is 18.2 Å². The number of nitrogens with zero attached hydrogens (tertiary/aromatic N) is 3. The van der Waals surface area contributed by atoms with Crippen molar-refractivity contribution in [1.29, 1.82) is 0 Å². The van der Waals surface area contributed by atoms with Gasteiger partial charge in [0.2, 0.25) is 0 Å². The third kappa shape index (κ3) is 3.91. The highest BCUT2D eigenvalue weighted by molar-refractivity contribution is 6.08. The second kappa shape index (κ2) is 8.06. The number of fused-ring (bicyclic) bond motifs is 2. The average Bonchev–Trinajstić information content (AvgIpc) is 3.42. The predicted octanol–water partition coefficient (Wildman–Crippen LogP) is 5.21. The van der Waals surface area contributed by atoms with Crippen LogP contribution >= 0.6 is 0 Å². The molecule has 2 aromatic heterocycles. The minimum absolute atomic E-state index is 0.149. The standard InChI is InChI=1S/C26H22F2N4O2/c1-16-11-18(13-19(12-16)26(2,27)28)24(33)30-20-7-6-17-8-10-32(21(17)14-20)25(34)22-15-29-23-5-3-4-9-31(22)23/h3-7,9,11-15H,8,10H2,1-2H3,(H,30,33). The number of imidazole rings is 1. The Kier molecular flexibility index (Phi) is 5.16. The van der Waals surface area contributed by atoms with Gasteiger partial charge < -0.3 is 10.2 Å². The normalized spacial score (nSPS) is 13.2. The van der Waals surface area contributed by atoms with Crippen LogP contribution < -0.4 is 10.2 Å². The molecule has 2 aromatic carbocycles. The van der Waals surface area contributed by atoms with E-state index in [1.165, 1.54) is 12.1 Å². The Labute approximate surface area is 194 Å². The molecule has 0 unspecified atom stereocenters. The van der Waals surface area contributed by atoms with Crippen LogP contribution in [0, 0.1) is 6.92 Å². The van der Waals surface area contributed by atoms with Crippen molar-refractivity contribution in [3.8, 4) is 0 Å². The van der Waals surface area contributed by atoms with Crippen LogP contribution in [0.2, 0.25) is 0 Å². The van der Waals surface area contributed by atoms with E-state index in [1.54, 1.807) is 46.8 Å². The lowest BCUT2D eigenvalue weighted by molar-refractivity contribution is 0.0174. The molecule has 4 aromatic rings. The summed E-state index contributed by atoms with van der Waals surface area (Å²) in [6, 6.07) is 15.0. The monoisotopic (exact) mass is 460 g/mol. The van der Waals surface area contributed by atoms with E-state index in [-0.39, 0.29) is 17.0 Å². The Morgan fingerprint density at radius 1 is 1.09 bits per heavy atom. The van der Waals surface area contributed by atoms with Crippen LogP contribution in [0.3, 0.4) is 0 Å². The van der Waals surface area contributed by atoms with E-state index in [4.69, 9.17) is 0 Å². The van der Waals surface area contributed by atoms with E-state index < -0.39 is 11.8 Å². The van der Waals surface area contributed by atoms with E-state index in [9.17, 15) is 18.4 Å². The number of amides is 2. The van der Waals surface area contributed by atoms with Gasteiger partial charge in [-0.3, -0.25) is 14.0 Å². The summed E-state index contributed by atoms with van der Waals surface area (Å²) in [5.41, 5.74) is 3.82. The summed E-state index contributed by atoms with van der Waals surface area (Å²) in [5.74, 6) is -3.73. The number of nitrogens with one attached hydrogen (secondary N) is 1. The minimum Gasteiger partial charge on any atom is -0.322 e. The zero-order valence-electron chi connectivity index (χ0n) is 18.7. The first-order valence-electron chi connectivity index (χ1n) is 10.9. The molecule has 1 N–H and O–H groups in total. The van der Waals surface area contributed by atoms with Crippen LogP contribution in [0.5, 0.6) is 0 Å². The molecule has 0 atom stereocenters. The molecule has 34 heavy (non-hydrogen) atoms. The van der Waals surface area contributed by atoms with Gasteiger partial charge in [-0.25, -0.2) is 13.8 Å². The number of carbonyl (C=O) groups is 2. The fourth-order valence-electron chi connectivity index (χ4n) is 4.27. The van der Waals surface area contributed by atoms with Crippen molar-refractivity contribution < 1.29 is 18.4 Å². The summed E-state index contributed by atoms with van der Waals surface area (Å²) in [7, 11) is 0. The summed E-state index contributed by atoms with van der Waals surface area (Å²) in [5, 5.41) is 2.78. The summed E-state index contributed by atoms with van der Waals surface area (Å²) < 4.78 is 29.4. The number of benzene rings is 2. The largest absolute Gasteiger partial charge is 0.322 e. The lowest BCUT2D eigenvalue weighted by Crippen LogP contribution is -2.30. The molecule has 2 amide bonds. The lowest BCUT2D eigenvalue weighted by atomic mass is 10.0. The van der Waals surface area contributed by atoms with E-state index in [0.29, 0.717) is 41.2 Å². The number of alkyl halides is 2. The van der Waals surface area contributed by atoms with Crippen LogP contribution in [0.1, 0.15) is 44.5 Å². The number of halogens is 2. The smallest absolute Gasteiger partial charge is 0.276 e. The molecule has 172 valence electrons. The highest BCUT2D eigenvalue weighted by Crippen LogP contribution is 2.33. The molecule has 0 saturated heterocycles. The van der Waals surface area contributed by atoms with Crippen LogP contribution in [-0.4, -0.2) is 27.7 Å². The Morgan fingerprint density at radius 3 is 2.71 bits per heavy atom. The summed E-state index contributed by atoms with van der Waals surface area (Å²) >= 11 is 0. The maximum absolute atomic E-state index is 13.8. The first-order valence-corrected chi connectivity index (χ1v) is 10.9. The molecule has 6 nitrogen and oxygen atoms in total. The van der Waals surface area contributed by atoms with Crippen molar-refractivity contribution in [3.05, 3.63) is 94.9 Å². The van der Waals surface area contributed by atoms with Gasteiger partial charge in [0.1, 0.15) is 11.3 Å². The predicted molar refractivity (Wildman–Crippen MR) is 126 cm³/mol. The van der Waals surface area contributed by atoms with Gasteiger partial charge in [0, 0.05) is 42.2 Å². The van der Waals surface area contributed by atoms with Crippen molar-refractivity contribution in [2.24, 2.45) is 0 Å². The molecule has 1 aliphatic heterocycles. The third-order valence-electron chi connectivity index (χ3n) is 5.97. The topological polar surface area (TPSA) is 66.7 Å². The summed E-state index contributed by atoms with van der Waals surface area (Å²) in [6.45, 7) is 2.99. The van der Waals surface area contributed by atoms with Crippen LogP contribution in [-0.2, 0) is 12.3 Å². The first kappa shape index (κ1) is 21.8. The number of rotatable bonds is 4. The van der Waals surface area contributed by atoms with E-state index in [0.717, 1.165) is 12.5 Å². The Hall–Kier alpha value is -4.07. The zero-order valence-corrected chi connectivity index (χ0v) is 18.7. The molecular formula is C26H22F2N4O2. The molecule has 0 bridgehead atoms. The van der Waals surface area contributed by atoms with E-state index >= 15 is 0 Å². The Bertz CT molecular complexity index is 1440. The maximum atomic E-state index is 13.8. The van der Waals surface area contributed by atoms with Gasteiger partial charge >= 0.3 is 0 Å². The highest BCUT2D eigenvalue weighted by Gasteiger charge is 2.29. The number of carbonyl (C=O) groups excluding carboxylic acids is 2. The van der Waals surface area contributed by atoms with Gasteiger partial charge in [-0.05, 0) is 60.9 Å². The van der Waals surface area contributed by atoms with Crippen molar-refractivity contribution in [2.45, 2.75) is 26.2 Å². The second-order valence-electron chi connectivity index (χ2n) is 8.55. The molecule has 0 spiro atoms. The Balaban J connectivity index is 1.42. The van der Waals surface area contributed by atoms with Gasteiger partial charge in [-0.2, -0.15) is 0 Å². The lowest BCUT2D eigenvalue weighted by Gasteiger charge is -2.18. The fourth-order valence-corrected chi connectivity index (χ4v) is 4.27.